The van der Waals surface area contributed by atoms with Crippen LogP contribution in [0.3, 0.4) is 0 Å². The lowest BCUT2D eigenvalue weighted by Gasteiger charge is -2.16. The molecule has 0 saturated heterocycles. The van der Waals surface area contributed by atoms with Crippen LogP contribution in [0.15, 0.2) is 23.2 Å². The van der Waals surface area contributed by atoms with Crippen molar-refractivity contribution in [3.05, 3.63) is 29.8 Å². The van der Waals surface area contributed by atoms with E-state index >= 15 is 0 Å². The SMILES string of the molecule is CC(C)(C)S(=O)CCN=C(N)Nc1cc(F)ccc1F. The number of nitrogens with two attached hydrogens (primary N) is 1. The lowest BCUT2D eigenvalue weighted by Crippen LogP contribution is -2.27. The van der Waals surface area contributed by atoms with Gasteiger partial charge in [-0.05, 0) is 32.9 Å². The Hall–Kier alpha value is -1.50. The number of nitrogens with zero attached hydrogens (tertiary/aromatic N) is 1. The lowest BCUT2D eigenvalue weighted by molar-refractivity contribution is 0.604. The van der Waals surface area contributed by atoms with Gasteiger partial charge in [0.2, 0.25) is 0 Å². The highest BCUT2D eigenvalue weighted by Crippen LogP contribution is 2.15. The maximum absolute atomic E-state index is 13.3. The van der Waals surface area contributed by atoms with Gasteiger partial charge in [-0.2, -0.15) is 0 Å². The summed E-state index contributed by atoms with van der Waals surface area (Å²) in [5, 5.41) is 2.48. The lowest BCUT2D eigenvalue weighted by atomic mass is 10.3. The molecule has 0 saturated carbocycles. The smallest absolute Gasteiger partial charge is 0.193 e. The van der Waals surface area contributed by atoms with Crippen LogP contribution in [0.25, 0.3) is 0 Å². The number of anilines is 1. The maximum atomic E-state index is 13.3. The largest absolute Gasteiger partial charge is 0.370 e. The molecule has 0 aliphatic carbocycles. The van der Waals surface area contributed by atoms with Crippen LogP contribution in [0, 0.1) is 11.6 Å². The Kier molecular flexibility index (Phi) is 5.62. The number of aliphatic imine (C=N–C) groups is 1. The zero-order valence-electron chi connectivity index (χ0n) is 11.7. The molecule has 0 amide bonds. The molecule has 1 unspecified atom stereocenters. The van der Waals surface area contributed by atoms with E-state index in [0.29, 0.717) is 5.75 Å². The average Bonchev–Trinajstić information content (AvgIpc) is 2.32. The Morgan fingerprint density at radius 2 is 2.05 bits per heavy atom. The Balaban J connectivity index is 2.58. The molecule has 1 atom stereocenters. The molecular formula is C13H19F2N3OS. The molecule has 0 heterocycles. The zero-order chi connectivity index (χ0) is 15.3. The van der Waals surface area contributed by atoms with Gasteiger partial charge in [0.05, 0.1) is 12.2 Å². The minimum Gasteiger partial charge on any atom is -0.370 e. The van der Waals surface area contributed by atoms with Gasteiger partial charge in [0.25, 0.3) is 0 Å². The van der Waals surface area contributed by atoms with E-state index in [2.05, 4.69) is 10.3 Å². The third kappa shape index (κ3) is 5.24. The van der Waals surface area contributed by atoms with Crippen molar-refractivity contribution in [1.82, 2.24) is 0 Å². The van der Waals surface area contributed by atoms with Gasteiger partial charge in [0.15, 0.2) is 5.96 Å². The number of hydrogen-bond donors (Lipinski definition) is 2. The van der Waals surface area contributed by atoms with E-state index in [9.17, 15) is 13.0 Å². The summed E-state index contributed by atoms with van der Waals surface area (Å²) in [7, 11) is -1.03. The number of halogens is 2. The summed E-state index contributed by atoms with van der Waals surface area (Å²) in [5.74, 6) is -0.879. The fraction of sp³-hybridized carbons (Fsp3) is 0.462. The highest BCUT2D eigenvalue weighted by Gasteiger charge is 2.18. The first-order chi connectivity index (χ1) is 9.20. The topological polar surface area (TPSA) is 67.5 Å². The number of guanidine groups is 1. The van der Waals surface area contributed by atoms with Gasteiger partial charge in [0.1, 0.15) is 11.6 Å². The van der Waals surface area contributed by atoms with Crippen molar-refractivity contribution in [3.8, 4) is 0 Å². The van der Waals surface area contributed by atoms with Crippen LogP contribution < -0.4 is 11.1 Å². The van der Waals surface area contributed by atoms with E-state index in [-0.39, 0.29) is 22.9 Å². The van der Waals surface area contributed by atoms with E-state index in [0.717, 1.165) is 18.2 Å². The van der Waals surface area contributed by atoms with Crippen molar-refractivity contribution in [2.24, 2.45) is 10.7 Å². The summed E-state index contributed by atoms with van der Waals surface area (Å²) in [6.07, 6.45) is 0. The van der Waals surface area contributed by atoms with Crippen molar-refractivity contribution < 1.29 is 13.0 Å². The minimum absolute atomic E-state index is 0.0413. The molecule has 3 N–H and O–H groups in total. The van der Waals surface area contributed by atoms with Crippen LogP contribution in [0.4, 0.5) is 14.5 Å². The minimum atomic E-state index is -1.03. The Morgan fingerprint density at radius 3 is 2.65 bits per heavy atom. The number of benzene rings is 1. The second kappa shape index (κ2) is 6.78. The molecule has 1 aromatic carbocycles. The molecule has 0 radical (unpaired) electrons. The van der Waals surface area contributed by atoms with E-state index in [4.69, 9.17) is 5.73 Å². The summed E-state index contributed by atoms with van der Waals surface area (Å²) in [4.78, 5) is 3.94. The van der Waals surface area contributed by atoms with Crippen LogP contribution in [0.5, 0.6) is 0 Å². The fourth-order valence-corrected chi connectivity index (χ4v) is 2.20. The molecule has 0 spiro atoms. The molecule has 112 valence electrons. The molecule has 1 aromatic rings. The highest BCUT2D eigenvalue weighted by atomic mass is 32.2. The standard InChI is InChI=1S/C13H19F2N3OS/c1-13(2,3)20(19)7-6-17-12(16)18-11-8-9(14)4-5-10(11)15/h4-5,8H,6-7H2,1-3H3,(H3,16,17,18). The molecule has 7 heteroatoms. The average molecular weight is 303 g/mol. The summed E-state index contributed by atoms with van der Waals surface area (Å²) >= 11 is 0. The van der Waals surface area contributed by atoms with Crippen molar-refractivity contribution in [2.75, 3.05) is 17.6 Å². The van der Waals surface area contributed by atoms with Gasteiger partial charge >= 0.3 is 0 Å². The molecular weight excluding hydrogens is 284 g/mol. The van der Waals surface area contributed by atoms with Gasteiger partial charge in [-0.1, -0.05) is 0 Å². The van der Waals surface area contributed by atoms with Crippen LogP contribution in [-0.2, 0) is 10.8 Å². The summed E-state index contributed by atoms with van der Waals surface area (Å²) in [6, 6.07) is 3.00. The normalized spacial score (nSPS) is 14.2. The highest BCUT2D eigenvalue weighted by molar-refractivity contribution is 7.86. The quantitative estimate of drug-likeness (QED) is 0.662. The summed E-state index contributed by atoms with van der Waals surface area (Å²) in [5.41, 5.74) is 5.49. The van der Waals surface area contributed by atoms with Crippen molar-refractivity contribution in [1.29, 1.82) is 0 Å². The van der Waals surface area contributed by atoms with Gasteiger partial charge < -0.3 is 11.1 Å². The van der Waals surface area contributed by atoms with Crippen LogP contribution in [-0.4, -0.2) is 27.2 Å². The summed E-state index contributed by atoms with van der Waals surface area (Å²) < 4.78 is 37.8. The van der Waals surface area contributed by atoms with Gasteiger partial charge in [-0.3, -0.25) is 9.20 Å². The Labute approximate surface area is 119 Å². The first kappa shape index (κ1) is 16.6. The van der Waals surface area contributed by atoms with Crippen LogP contribution >= 0.6 is 0 Å². The number of nitrogens with one attached hydrogen (secondary N) is 1. The fourth-order valence-electron chi connectivity index (χ4n) is 1.33. The molecule has 0 fully saturated rings. The van der Waals surface area contributed by atoms with Gasteiger partial charge in [0, 0.05) is 27.4 Å². The van der Waals surface area contributed by atoms with Crippen molar-refractivity contribution in [3.63, 3.8) is 0 Å². The Bertz CT molecular complexity index is 527. The Morgan fingerprint density at radius 1 is 1.40 bits per heavy atom. The predicted octanol–water partition coefficient (Wildman–Crippen LogP) is 2.24. The third-order valence-electron chi connectivity index (χ3n) is 2.43. The van der Waals surface area contributed by atoms with E-state index in [1.807, 2.05) is 20.8 Å². The second-order valence-corrected chi connectivity index (χ2v) is 7.50. The number of rotatable bonds is 4. The molecule has 20 heavy (non-hydrogen) atoms. The molecule has 0 aromatic heterocycles. The molecule has 0 aliphatic rings. The van der Waals surface area contributed by atoms with Crippen molar-refractivity contribution >= 4 is 22.4 Å². The number of hydrogen-bond acceptors (Lipinski definition) is 2. The first-order valence-corrected chi connectivity index (χ1v) is 7.42. The van der Waals surface area contributed by atoms with E-state index < -0.39 is 22.4 Å². The van der Waals surface area contributed by atoms with Gasteiger partial charge in [-0.15, -0.1) is 0 Å². The van der Waals surface area contributed by atoms with E-state index in [1.54, 1.807) is 0 Å². The third-order valence-corrected chi connectivity index (χ3v) is 4.35. The first-order valence-electron chi connectivity index (χ1n) is 6.10. The zero-order valence-corrected chi connectivity index (χ0v) is 12.6. The van der Waals surface area contributed by atoms with Crippen LogP contribution in [0.1, 0.15) is 20.8 Å². The van der Waals surface area contributed by atoms with Crippen LogP contribution in [0.2, 0.25) is 0 Å². The second-order valence-electron chi connectivity index (χ2n) is 5.18. The molecule has 4 nitrogen and oxygen atoms in total. The predicted molar refractivity (Wildman–Crippen MR) is 79.2 cm³/mol. The molecule has 1 rings (SSSR count). The summed E-state index contributed by atoms with van der Waals surface area (Å²) in [6.45, 7) is 5.86. The molecule has 0 aliphatic heterocycles. The maximum Gasteiger partial charge on any atom is 0.193 e. The monoisotopic (exact) mass is 303 g/mol. The molecule has 0 bridgehead atoms. The van der Waals surface area contributed by atoms with Crippen molar-refractivity contribution in [2.45, 2.75) is 25.5 Å². The van der Waals surface area contributed by atoms with Gasteiger partial charge in [-0.25, -0.2) is 8.78 Å². The van der Waals surface area contributed by atoms with E-state index in [1.165, 1.54) is 0 Å².